The molecule has 0 saturated heterocycles. The predicted molar refractivity (Wildman–Crippen MR) is 346 cm³/mol. The van der Waals surface area contributed by atoms with Gasteiger partial charge in [0.1, 0.15) is 16.7 Å². The van der Waals surface area contributed by atoms with Gasteiger partial charge >= 0.3 is 0 Å². The Morgan fingerprint density at radius 3 is 1.35 bits per heavy atom. The van der Waals surface area contributed by atoms with Crippen LogP contribution in [-0.4, -0.2) is 0 Å². The molecule has 0 amide bonds. The lowest BCUT2D eigenvalue weighted by Gasteiger charge is -2.29. The van der Waals surface area contributed by atoms with Gasteiger partial charge in [0.05, 0.1) is 17.1 Å². The summed E-state index contributed by atoms with van der Waals surface area (Å²) in [5.41, 5.74) is 14.2. The Kier molecular flexibility index (Phi) is 10.3. The SMILES string of the molecule is c1ccc(-c2ccc(N(c3ccc(-c4ccc(N(c5ccccc5)c5cc6oc7ccc8ccccc8c7c6c6ccccc56)c5cc6ccccc6cc45)cc3)c3cc4ccccc4c4c3oc3ccc5ccccc5c34)cc2)cc1. The second-order valence-electron chi connectivity index (χ2n) is 21.5. The molecule has 0 bridgehead atoms. The molecule has 0 unspecified atom stereocenters. The highest BCUT2D eigenvalue weighted by atomic mass is 16.3. The molecule has 17 aromatic rings. The maximum absolute atomic E-state index is 7.11. The molecular formula is C78H48N2O2. The lowest BCUT2D eigenvalue weighted by molar-refractivity contribution is 0.669. The van der Waals surface area contributed by atoms with Crippen molar-refractivity contribution in [2.24, 2.45) is 0 Å². The van der Waals surface area contributed by atoms with Crippen LogP contribution in [0.25, 0.3) is 131 Å². The van der Waals surface area contributed by atoms with Crippen molar-refractivity contribution in [2.45, 2.75) is 0 Å². The Morgan fingerprint density at radius 1 is 0.220 bits per heavy atom. The molecule has 0 spiro atoms. The number of hydrogen-bond acceptors (Lipinski definition) is 4. The Morgan fingerprint density at radius 2 is 0.695 bits per heavy atom. The van der Waals surface area contributed by atoms with E-state index < -0.39 is 0 Å². The van der Waals surface area contributed by atoms with Crippen molar-refractivity contribution >= 4 is 143 Å². The molecule has 382 valence electrons. The average Bonchev–Trinajstić information content (AvgIpc) is 2.17. The van der Waals surface area contributed by atoms with E-state index in [1.165, 1.54) is 37.9 Å². The van der Waals surface area contributed by atoms with Gasteiger partial charge in [0.25, 0.3) is 0 Å². The zero-order chi connectivity index (χ0) is 53.8. The molecule has 0 saturated carbocycles. The quantitative estimate of drug-likeness (QED) is 0.142. The smallest absolute Gasteiger partial charge is 0.160 e. The number of nitrogens with zero attached hydrogens (tertiary/aromatic N) is 2. The van der Waals surface area contributed by atoms with Gasteiger partial charge in [0.15, 0.2) is 5.58 Å². The fourth-order valence-electron chi connectivity index (χ4n) is 13.2. The van der Waals surface area contributed by atoms with E-state index in [-0.39, 0.29) is 0 Å². The summed E-state index contributed by atoms with van der Waals surface area (Å²) in [6.45, 7) is 0. The van der Waals surface area contributed by atoms with E-state index in [1.54, 1.807) is 0 Å². The zero-order valence-electron chi connectivity index (χ0n) is 44.4. The van der Waals surface area contributed by atoms with Gasteiger partial charge in [-0.15, -0.1) is 0 Å². The van der Waals surface area contributed by atoms with E-state index in [1.807, 2.05) is 0 Å². The highest BCUT2D eigenvalue weighted by Gasteiger charge is 2.26. The van der Waals surface area contributed by atoms with Gasteiger partial charge in [-0.1, -0.05) is 212 Å². The van der Waals surface area contributed by atoms with Crippen LogP contribution in [0.2, 0.25) is 0 Å². The predicted octanol–water partition coefficient (Wildman–Crippen LogP) is 22.7. The highest BCUT2D eigenvalue weighted by Crippen LogP contribution is 2.51. The van der Waals surface area contributed by atoms with E-state index in [9.17, 15) is 0 Å². The largest absolute Gasteiger partial charge is 0.456 e. The van der Waals surface area contributed by atoms with Gasteiger partial charge in [-0.25, -0.2) is 0 Å². The van der Waals surface area contributed by atoms with Crippen LogP contribution < -0.4 is 9.80 Å². The van der Waals surface area contributed by atoms with Crippen LogP contribution in [0.3, 0.4) is 0 Å². The molecule has 0 fully saturated rings. The molecule has 17 rings (SSSR count). The maximum atomic E-state index is 7.11. The van der Waals surface area contributed by atoms with Crippen molar-refractivity contribution in [3.05, 3.63) is 291 Å². The third-order valence-electron chi connectivity index (χ3n) is 16.9. The Balaban J connectivity index is 0.864. The van der Waals surface area contributed by atoms with Gasteiger partial charge in [0, 0.05) is 55.4 Å². The van der Waals surface area contributed by atoms with Crippen LogP contribution in [0.15, 0.2) is 300 Å². The molecule has 0 aliphatic heterocycles. The van der Waals surface area contributed by atoms with Crippen LogP contribution in [0.5, 0.6) is 0 Å². The first-order chi connectivity index (χ1) is 40.7. The summed E-state index contributed by atoms with van der Waals surface area (Å²) in [5, 5.41) is 18.5. The summed E-state index contributed by atoms with van der Waals surface area (Å²) in [4.78, 5) is 4.80. The van der Waals surface area contributed by atoms with Gasteiger partial charge in [-0.05, 0) is 149 Å². The van der Waals surface area contributed by atoms with Gasteiger partial charge in [0.2, 0.25) is 0 Å². The monoisotopic (exact) mass is 1040 g/mol. The molecular weight excluding hydrogens is 997 g/mol. The summed E-state index contributed by atoms with van der Waals surface area (Å²) in [6, 6.07) is 105. The summed E-state index contributed by atoms with van der Waals surface area (Å²) in [7, 11) is 0. The standard InChI is InChI=1S/C78H48N2O2/c1-3-17-49(18-4-1)50-31-37-58(38-32-50)79(70-47-56-23-11-14-28-63(56)77-75-62-27-13-10-20-52(62)36-44-72(75)82-78(70)77)59-39-33-53(34-40-59)60-41-42-68(67-46-55-22-8-7-21-54(55)45-66(60)67)80(57-24-5-2-6-25-57)69-48-73-76(65-30-16-15-29-64(65)69)74-61-26-12-9-19-51(61)35-43-71(74)81-73/h1-48H. The van der Waals surface area contributed by atoms with Gasteiger partial charge < -0.3 is 18.6 Å². The van der Waals surface area contributed by atoms with Crippen LogP contribution in [0.1, 0.15) is 0 Å². The van der Waals surface area contributed by atoms with E-state index in [0.717, 1.165) is 127 Å². The summed E-state index contributed by atoms with van der Waals surface area (Å²) in [6.07, 6.45) is 0. The molecule has 4 nitrogen and oxygen atoms in total. The first-order valence-corrected chi connectivity index (χ1v) is 28.1. The molecule has 0 N–H and O–H groups in total. The number of fused-ring (bicyclic) bond motifs is 16. The minimum atomic E-state index is 0.846. The van der Waals surface area contributed by atoms with Crippen molar-refractivity contribution in [3.63, 3.8) is 0 Å². The minimum Gasteiger partial charge on any atom is -0.456 e. The molecule has 82 heavy (non-hydrogen) atoms. The van der Waals surface area contributed by atoms with E-state index in [2.05, 4.69) is 301 Å². The lowest BCUT2D eigenvalue weighted by atomic mass is 9.93. The van der Waals surface area contributed by atoms with Crippen molar-refractivity contribution < 1.29 is 8.83 Å². The summed E-state index contributed by atoms with van der Waals surface area (Å²) < 4.78 is 14.0. The number of anilines is 6. The Bertz CT molecular complexity index is 5390. The number of furan rings is 2. The van der Waals surface area contributed by atoms with Crippen molar-refractivity contribution in [2.75, 3.05) is 9.80 Å². The molecule has 0 aliphatic rings. The van der Waals surface area contributed by atoms with Crippen molar-refractivity contribution in [1.29, 1.82) is 0 Å². The average molecular weight is 1050 g/mol. The molecule has 2 aromatic heterocycles. The second kappa shape index (κ2) is 18.3. The third-order valence-corrected chi connectivity index (χ3v) is 16.9. The maximum Gasteiger partial charge on any atom is 0.160 e. The topological polar surface area (TPSA) is 32.8 Å². The fraction of sp³-hybridized carbons (Fsp3) is 0. The summed E-state index contributed by atoms with van der Waals surface area (Å²) >= 11 is 0. The first kappa shape index (κ1) is 46.0. The molecule has 0 atom stereocenters. The van der Waals surface area contributed by atoms with Crippen molar-refractivity contribution in [3.8, 4) is 22.3 Å². The number of benzene rings is 15. The van der Waals surface area contributed by atoms with E-state index >= 15 is 0 Å². The Labute approximate surface area is 472 Å². The number of para-hydroxylation sites is 1. The number of hydrogen-bond donors (Lipinski definition) is 0. The van der Waals surface area contributed by atoms with Gasteiger partial charge in [-0.3, -0.25) is 0 Å². The normalized spacial score (nSPS) is 11.9. The van der Waals surface area contributed by atoms with Crippen LogP contribution >= 0.6 is 0 Å². The van der Waals surface area contributed by atoms with Crippen LogP contribution in [0.4, 0.5) is 34.1 Å². The van der Waals surface area contributed by atoms with Crippen LogP contribution in [0, 0.1) is 0 Å². The molecule has 2 heterocycles. The Hall–Kier alpha value is -10.9. The van der Waals surface area contributed by atoms with E-state index in [0.29, 0.717) is 0 Å². The minimum absolute atomic E-state index is 0.846. The molecule has 15 aromatic carbocycles. The molecule has 4 heteroatoms. The van der Waals surface area contributed by atoms with Crippen molar-refractivity contribution in [1.82, 2.24) is 0 Å². The van der Waals surface area contributed by atoms with Crippen LogP contribution in [-0.2, 0) is 0 Å². The highest BCUT2D eigenvalue weighted by molar-refractivity contribution is 6.30. The number of rotatable bonds is 8. The third kappa shape index (κ3) is 7.18. The lowest BCUT2D eigenvalue weighted by Crippen LogP contribution is -2.11. The first-order valence-electron chi connectivity index (χ1n) is 28.1. The molecule has 0 aliphatic carbocycles. The zero-order valence-corrected chi connectivity index (χ0v) is 44.4. The summed E-state index contributed by atoms with van der Waals surface area (Å²) in [5.74, 6) is 0. The fourth-order valence-corrected chi connectivity index (χ4v) is 13.2. The molecule has 0 radical (unpaired) electrons. The second-order valence-corrected chi connectivity index (χ2v) is 21.5. The van der Waals surface area contributed by atoms with Gasteiger partial charge in [-0.2, -0.15) is 0 Å². The van der Waals surface area contributed by atoms with E-state index in [4.69, 9.17) is 8.83 Å².